The molecule has 1 N–H and O–H groups in total. The fraction of sp³-hybridized carbons (Fsp3) is 0.467. The Morgan fingerprint density at radius 2 is 2.14 bits per heavy atom. The summed E-state index contributed by atoms with van der Waals surface area (Å²) in [6.07, 6.45) is 0.982. The molecule has 2 aliphatic rings. The maximum atomic E-state index is 5.50. The smallest absolute Gasteiger partial charge is 0.240 e. The minimum atomic E-state index is 0.270. The maximum absolute atomic E-state index is 5.50. The number of hydrogen-bond acceptors (Lipinski definition) is 6. The Labute approximate surface area is 128 Å². The second kappa shape index (κ2) is 5.79. The van der Waals surface area contributed by atoms with Crippen LogP contribution >= 0.6 is 11.8 Å². The maximum Gasteiger partial charge on any atom is 0.240 e. The van der Waals surface area contributed by atoms with Crippen molar-refractivity contribution in [1.29, 1.82) is 0 Å². The first-order valence-electron chi connectivity index (χ1n) is 7.38. The molecule has 2 aromatic rings. The predicted octanol–water partition coefficient (Wildman–Crippen LogP) is 1.86. The lowest BCUT2D eigenvalue weighted by Gasteiger charge is -2.25. The Bertz CT molecular complexity index is 599. The molecule has 1 aromatic heterocycles. The molecular formula is C15H18N4OS. The zero-order valence-corrected chi connectivity index (χ0v) is 12.6. The van der Waals surface area contributed by atoms with Gasteiger partial charge < -0.3 is 9.84 Å². The van der Waals surface area contributed by atoms with Crippen LogP contribution in [-0.2, 0) is 13.0 Å². The van der Waals surface area contributed by atoms with Gasteiger partial charge in [-0.25, -0.2) is 0 Å². The topological polar surface area (TPSA) is 54.2 Å². The third-order valence-electron chi connectivity index (χ3n) is 3.98. The van der Waals surface area contributed by atoms with Gasteiger partial charge in [0.05, 0.1) is 11.8 Å². The number of benzene rings is 1. The highest BCUT2D eigenvalue weighted by atomic mass is 32.2. The van der Waals surface area contributed by atoms with E-state index in [4.69, 9.17) is 4.52 Å². The second-order valence-corrected chi connectivity index (χ2v) is 6.74. The van der Waals surface area contributed by atoms with Gasteiger partial charge in [0.15, 0.2) is 5.82 Å². The monoisotopic (exact) mass is 302 g/mol. The Morgan fingerprint density at radius 3 is 3.00 bits per heavy atom. The van der Waals surface area contributed by atoms with Crippen LogP contribution in [0, 0.1) is 0 Å². The molecule has 6 heteroatoms. The van der Waals surface area contributed by atoms with E-state index in [1.54, 1.807) is 0 Å². The highest BCUT2D eigenvalue weighted by Crippen LogP contribution is 2.45. The standard InChI is InChI=1S/C15H18N4OS/c1-2-4-12-11(3-1)9-13(21-12)15-17-14(18-20-15)10-19-7-5-16-6-8-19/h1-4,13,16H,5-10H2. The first-order valence-corrected chi connectivity index (χ1v) is 8.26. The van der Waals surface area contributed by atoms with Crippen molar-refractivity contribution >= 4 is 11.8 Å². The first-order chi connectivity index (χ1) is 10.4. The van der Waals surface area contributed by atoms with E-state index in [9.17, 15) is 0 Å². The molecule has 1 saturated heterocycles. The summed E-state index contributed by atoms with van der Waals surface area (Å²) in [5.74, 6) is 1.57. The molecule has 110 valence electrons. The highest BCUT2D eigenvalue weighted by molar-refractivity contribution is 7.99. The van der Waals surface area contributed by atoms with Gasteiger partial charge in [-0.05, 0) is 18.1 Å². The number of piperazine rings is 1. The van der Waals surface area contributed by atoms with Gasteiger partial charge in [0.1, 0.15) is 0 Å². The molecule has 0 amide bonds. The number of rotatable bonds is 3. The first kappa shape index (κ1) is 13.3. The number of thioether (sulfide) groups is 1. The van der Waals surface area contributed by atoms with Gasteiger partial charge in [-0.3, -0.25) is 4.90 Å². The second-order valence-electron chi connectivity index (χ2n) is 5.49. The van der Waals surface area contributed by atoms with Crippen molar-refractivity contribution in [1.82, 2.24) is 20.4 Å². The van der Waals surface area contributed by atoms with E-state index < -0.39 is 0 Å². The summed E-state index contributed by atoms with van der Waals surface area (Å²) < 4.78 is 5.50. The molecule has 1 aromatic carbocycles. The molecule has 0 radical (unpaired) electrons. The van der Waals surface area contributed by atoms with E-state index in [0.717, 1.165) is 50.9 Å². The van der Waals surface area contributed by atoms with Crippen LogP contribution in [0.25, 0.3) is 0 Å². The average molecular weight is 302 g/mol. The van der Waals surface area contributed by atoms with Crippen LogP contribution < -0.4 is 5.32 Å². The van der Waals surface area contributed by atoms with Gasteiger partial charge in [-0.15, -0.1) is 11.8 Å². The molecule has 4 rings (SSSR count). The van der Waals surface area contributed by atoms with Crippen molar-refractivity contribution in [2.45, 2.75) is 23.1 Å². The van der Waals surface area contributed by atoms with Crippen molar-refractivity contribution < 1.29 is 4.52 Å². The summed E-state index contributed by atoms with van der Waals surface area (Å²) in [5, 5.41) is 7.78. The number of fused-ring (bicyclic) bond motifs is 1. The van der Waals surface area contributed by atoms with Crippen LogP contribution in [0.2, 0.25) is 0 Å². The molecule has 2 aliphatic heterocycles. The number of hydrogen-bond donors (Lipinski definition) is 1. The Hall–Kier alpha value is -1.37. The number of aromatic nitrogens is 2. The summed E-state index contributed by atoms with van der Waals surface area (Å²) in [6, 6.07) is 8.52. The molecule has 5 nitrogen and oxygen atoms in total. The van der Waals surface area contributed by atoms with Crippen LogP contribution in [0.5, 0.6) is 0 Å². The van der Waals surface area contributed by atoms with Crippen molar-refractivity contribution in [2.75, 3.05) is 26.2 Å². The van der Waals surface area contributed by atoms with Crippen LogP contribution in [0.4, 0.5) is 0 Å². The number of nitrogens with zero attached hydrogens (tertiary/aromatic N) is 3. The molecule has 3 heterocycles. The molecular weight excluding hydrogens is 284 g/mol. The van der Waals surface area contributed by atoms with E-state index in [1.165, 1.54) is 10.5 Å². The summed E-state index contributed by atoms with van der Waals surface area (Å²) >= 11 is 1.83. The molecule has 0 bridgehead atoms. The minimum Gasteiger partial charge on any atom is -0.338 e. The van der Waals surface area contributed by atoms with E-state index in [-0.39, 0.29) is 5.25 Å². The van der Waals surface area contributed by atoms with E-state index in [2.05, 4.69) is 44.6 Å². The van der Waals surface area contributed by atoms with Crippen LogP contribution in [0.1, 0.15) is 22.5 Å². The van der Waals surface area contributed by atoms with Gasteiger partial charge in [-0.2, -0.15) is 4.98 Å². The SMILES string of the molecule is c1ccc2c(c1)CC(c1nc(CN3CCNCC3)no1)S2. The van der Waals surface area contributed by atoms with Crippen molar-refractivity contribution in [2.24, 2.45) is 0 Å². The Balaban J connectivity index is 1.43. The van der Waals surface area contributed by atoms with Crippen molar-refractivity contribution in [3.05, 3.63) is 41.5 Å². The largest absolute Gasteiger partial charge is 0.338 e. The molecule has 1 fully saturated rings. The molecule has 1 atom stereocenters. The molecule has 0 saturated carbocycles. The fourth-order valence-electron chi connectivity index (χ4n) is 2.85. The molecule has 21 heavy (non-hydrogen) atoms. The summed E-state index contributed by atoms with van der Waals surface area (Å²) in [6.45, 7) is 4.97. The quantitative estimate of drug-likeness (QED) is 0.934. The lowest BCUT2D eigenvalue weighted by Crippen LogP contribution is -2.43. The minimum absolute atomic E-state index is 0.270. The van der Waals surface area contributed by atoms with Crippen LogP contribution in [0.15, 0.2) is 33.7 Å². The highest BCUT2D eigenvalue weighted by Gasteiger charge is 2.28. The van der Waals surface area contributed by atoms with Gasteiger partial charge in [0, 0.05) is 31.1 Å². The Morgan fingerprint density at radius 1 is 1.29 bits per heavy atom. The van der Waals surface area contributed by atoms with Crippen LogP contribution in [0.3, 0.4) is 0 Å². The third kappa shape index (κ3) is 2.84. The molecule has 1 unspecified atom stereocenters. The summed E-state index contributed by atoms with van der Waals surface area (Å²) in [5.41, 5.74) is 1.38. The third-order valence-corrected chi connectivity index (χ3v) is 5.29. The lowest BCUT2D eigenvalue weighted by atomic mass is 10.1. The fourth-order valence-corrected chi connectivity index (χ4v) is 4.08. The molecule has 0 aliphatic carbocycles. The summed E-state index contributed by atoms with van der Waals surface area (Å²) in [7, 11) is 0. The van der Waals surface area contributed by atoms with Crippen LogP contribution in [-0.4, -0.2) is 41.2 Å². The lowest BCUT2D eigenvalue weighted by molar-refractivity contribution is 0.224. The normalized spacial score (nSPS) is 22.4. The van der Waals surface area contributed by atoms with Crippen molar-refractivity contribution in [3.8, 4) is 0 Å². The van der Waals surface area contributed by atoms with Gasteiger partial charge >= 0.3 is 0 Å². The zero-order chi connectivity index (χ0) is 14.1. The predicted molar refractivity (Wildman–Crippen MR) is 81.2 cm³/mol. The number of nitrogens with one attached hydrogen (secondary N) is 1. The zero-order valence-electron chi connectivity index (χ0n) is 11.8. The van der Waals surface area contributed by atoms with Crippen molar-refractivity contribution in [3.63, 3.8) is 0 Å². The molecule has 0 spiro atoms. The van der Waals surface area contributed by atoms with E-state index in [1.807, 2.05) is 11.8 Å². The Kier molecular flexibility index (Phi) is 3.67. The summed E-state index contributed by atoms with van der Waals surface area (Å²) in [4.78, 5) is 8.31. The average Bonchev–Trinajstić information content (AvgIpc) is 3.14. The van der Waals surface area contributed by atoms with Gasteiger partial charge in [0.2, 0.25) is 5.89 Å². The van der Waals surface area contributed by atoms with E-state index >= 15 is 0 Å². The van der Waals surface area contributed by atoms with E-state index in [0.29, 0.717) is 0 Å². The van der Waals surface area contributed by atoms with Gasteiger partial charge in [-0.1, -0.05) is 23.4 Å². The van der Waals surface area contributed by atoms with Gasteiger partial charge in [0.25, 0.3) is 0 Å².